The van der Waals surface area contributed by atoms with Crippen LogP contribution in [0.15, 0.2) is 30.6 Å². The van der Waals surface area contributed by atoms with Gasteiger partial charge in [-0.3, -0.25) is 9.80 Å². The number of nitrogens with zero attached hydrogens (tertiary/aromatic N) is 3. The van der Waals surface area contributed by atoms with Gasteiger partial charge < -0.3 is 4.90 Å². The van der Waals surface area contributed by atoms with E-state index in [0.29, 0.717) is 25.3 Å². The fourth-order valence-corrected chi connectivity index (χ4v) is 2.76. The van der Waals surface area contributed by atoms with Crippen molar-refractivity contribution in [2.75, 3.05) is 25.2 Å². The van der Waals surface area contributed by atoms with Crippen molar-refractivity contribution < 1.29 is 18.0 Å². The molecule has 0 saturated carbocycles. The van der Waals surface area contributed by atoms with E-state index < -0.39 is 11.7 Å². The lowest BCUT2D eigenvalue weighted by Crippen LogP contribution is -2.44. The van der Waals surface area contributed by atoms with Crippen molar-refractivity contribution >= 4 is 35.7 Å². The van der Waals surface area contributed by atoms with Crippen molar-refractivity contribution in [2.45, 2.75) is 19.0 Å². The molecule has 0 aliphatic carbocycles. The second-order valence-corrected chi connectivity index (χ2v) is 5.55. The summed E-state index contributed by atoms with van der Waals surface area (Å²) < 4.78 is 38.7. The Morgan fingerprint density at radius 3 is 2.57 bits per heavy atom. The van der Waals surface area contributed by atoms with Crippen LogP contribution in [-0.2, 0) is 12.6 Å². The molecule has 23 heavy (non-hydrogen) atoms. The zero-order chi connectivity index (χ0) is 15.9. The van der Waals surface area contributed by atoms with Crippen LogP contribution in [0.3, 0.4) is 0 Å². The number of benzene rings is 1. The zero-order valence-corrected chi connectivity index (χ0v) is 14.8. The first-order valence-electron chi connectivity index (χ1n) is 7.03. The van der Waals surface area contributed by atoms with Crippen LogP contribution in [0.4, 0.5) is 23.7 Å². The molecule has 0 bridgehead atoms. The number of fused-ring (bicyclic) bond motifs is 1. The third kappa shape index (κ3) is 3.56. The molecule has 2 amide bonds. The average Bonchev–Trinajstić information content (AvgIpc) is 2.91. The number of carbonyl (C=O) groups is 1. The fraction of sp³-hybridized carbons (Fsp3) is 0.400. The Hall–Kier alpha value is -1.45. The van der Waals surface area contributed by atoms with Crippen molar-refractivity contribution in [1.29, 1.82) is 0 Å². The maximum atomic E-state index is 12.9. The Morgan fingerprint density at radius 2 is 1.96 bits per heavy atom. The van der Waals surface area contributed by atoms with Crippen molar-refractivity contribution in [3.63, 3.8) is 0 Å². The number of amides is 2. The van der Waals surface area contributed by atoms with E-state index >= 15 is 0 Å². The van der Waals surface area contributed by atoms with Gasteiger partial charge in [-0.2, -0.15) is 13.2 Å². The molecule has 0 spiro atoms. The summed E-state index contributed by atoms with van der Waals surface area (Å²) in [6.07, 6.45) is 0.429. The minimum Gasteiger partial charge on any atom is -0.361 e. The van der Waals surface area contributed by atoms with Gasteiger partial charge in [0.1, 0.15) is 0 Å². The molecule has 1 aromatic rings. The topological polar surface area (TPSA) is 26.8 Å². The highest BCUT2D eigenvalue weighted by molar-refractivity contribution is 14.0. The standard InChI is InChI=1S/C15H16F3N3O.HI/c1-19-7-8-20(10-19)14(22)21-6-2-3-11-4-5-12(9-13(11)21)15(16,17)18;/h4-5,7-9H,2-3,6,10H2,1H3;1H. The van der Waals surface area contributed by atoms with E-state index in [2.05, 4.69) is 0 Å². The first-order chi connectivity index (χ1) is 10.4. The highest BCUT2D eigenvalue weighted by Crippen LogP contribution is 2.36. The molecule has 0 unspecified atom stereocenters. The molecule has 0 aromatic heterocycles. The number of hydrogen-bond donors (Lipinski definition) is 0. The lowest BCUT2D eigenvalue weighted by molar-refractivity contribution is -0.137. The summed E-state index contributed by atoms with van der Waals surface area (Å²) in [5.41, 5.74) is 0.429. The summed E-state index contributed by atoms with van der Waals surface area (Å²) >= 11 is 0. The minimum atomic E-state index is -4.41. The highest BCUT2D eigenvalue weighted by atomic mass is 127. The van der Waals surface area contributed by atoms with Crippen LogP contribution in [0.1, 0.15) is 17.5 Å². The zero-order valence-electron chi connectivity index (χ0n) is 12.5. The van der Waals surface area contributed by atoms with E-state index in [1.807, 2.05) is 11.9 Å². The van der Waals surface area contributed by atoms with Crippen molar-refractivity contribution in [3.05, 3.63) is 41.7 Å². The van der Waals surface area contributed by atoms with Crippen LogP contribution in [0.2, 0.25) is 0 Å². The van der Waals surface area contributed by atoms with Gasteiger partial charge in [0.15, 0.2) is 0 Å². The predicted octanol–water partition coefficient (Wildman–Crippen LogP) is 3.87. The van der Waals surface area contributed by atoms with E-state index in [1.54, 1.807) is 12.4 Å². The molecular weight excluding hydrogens is 422 g/mol. The minimum absolute atomic E-state index is 0. The molecule has 0 saturated heterocycles. The number of carbonyl (C=O) groups excluding carboxylic acids is 1. The Kier molecular flexibility index (Phi) is 5.12. The van der Waals surface area contributed by atoms with Gasteiger partial charge in [0.05, 0.1) is 12.2 Å². The molecule has 3 rings (SSSR count). The summed E-state index contributed by atoms with van der Waals surface area (Å²) in [5.74, 6) is 0. The van der Waals surface area contributed by atoms with Crippen molar-refractivity contribution in [2.24, 2.45) is 0 Å². The van der Waals surface area contributed by atoms with Gasteiger partial charge in [-0.05, 0) is 30.5 Å². The Labute approximate surface area is 149 Å². The Balaban J connectivity index is 0.00000192. The van der Waals surface area contributed by atoms with E-state index in [9.17, 15) is 18.0 Å². The molecule has 2 aliphatic heterocycles. The quantitative estimate of drug-likeness (QED) is 0.574. The summed E-state index contributed by atoms with van der Waals surface area (Å²) in [4.78, 5) is 17.3. The molecule has 2 aliphatic rings. The lowest BCUT2D eigenvalue weighted by atomic mass is 9.99. The predicted molar refractivity (Wildman–Crippen MR) is 91.5 cm³/mol. The molecular formula is C15H17F3IN3O. The van der Waals surface area contributed by atoms with Crippen LogP contribution in [0, 0.1) is 0 Å². The van der Waals surface area contributed by atoms with Gasteiger partial charge in [0.2, 0.25) is 0 Å². The Morgan fingerprint density at radius 1 is 1.22 bits per heavy atom. The third-order valence-corrected chi connectivity index (χ3v) is 3.88. The van der Waals surface area contributed by atoms with Crippen LogP contribution < -0.4 is 4.90 Å². The first kappa shape index (κ1) is 17.9. The number of hydrogen-bond acceptors (Lipinski definition) is 2. The number of anilines is 1. The lowest BCUT2D eigenvalue weighted by Gasteiger charge is -2.32. The number of aryl methyl sites for hydroxylation is 1. The molecule has 0 radical (unpaired) electrons. The molecule has 1 aromatic carbocycles. The third-order valence-electron chi connectivity index (χ3n) is 3.88. The first-order valence-corrected chi connectivity index (χ1v) is 7.03. The molecule has 2 heterocycles. The van der Waals surface area contributed by atoms with Crippen molar-refractivity contribution in [1.82, 2.24) is 9.80 Å². The molecule has 0 fully saturated rings. The average molecular weight is 439 g/mol. The fourth-order valence-electron chi connectivity index (χ4n) is 2.76. The number of urea groups is 1. The monoisotopic (exact) mass is 439 g/mol. The number of rotatable bonds is 0. The van der Waals surface area contributed by atoms with E-state index in [-0.39, 0.29) is 30.0 Å². The summed E-state index contributed by atoms with van der Waals surface area (Å²) in [6.45, 7) is 0.838. The van der Waals surface area contributed by atoms with E-state index in [1.165, 1.54) is 15.9 Å². The molecule has 8 heteroatoms. The summed E-state index contributed by atoms with van der Waals surface area (Å²) in [5, 5.41) is 0. The van der Waals surface area contributed by atoms with Crippen molar-refractivity contribution in [3.8, 4) is 0 Å². The van der Waals surface area contributed by atoms with Gasteiger partial charge in [0, 0.05) is 31.7 Å². The number of alkyl halides is 3. The molecule has 126 valence electrons. The number of halogens is 4. The molecule has 4 nitrogen and oxygen atoms in total. The second kappa shape index (κ2) is 6.58. The van der Waals surface area contributed by atoms with Gasteiger partial charge in [0.25, 0.3) is 0 Å². The van der Waals surface area contributed by atoms with Gasteiger partial charge in [-0.1, -0.05) is 6.07 Å². The van der Waals surface area contributed by atoms with E-state index in [4.69, 9.17) is 0 Å². The molecule has 0 atom stereocenters. The largest absolute Gasteiger partial charge is 0.416 e. The smallest absolute Gasteiger partial charge is 0.361 e. The highest BCUT2D eigenvalue weighted by Gasteiger charge is 2.34. The maximum absolute atomic E-state index is 12.9. The second-order valence-electron chi connectivity index (χ2n) is 5.55. The Bertz CT molecular complexity index is 633. The van der Waals surface area contributed by atoms with Crippen LogP contribution >= 0.6 is 24.0 Å². The van der Waals surface area contributed by atoms with Gasteiger partial charge in [-0.15, -0.1) is 24.0 Å². The SMILES string of the molecule is CN1C=CN(C(=O)N2CCCc3ccc(C(F)(F)F)cc32)C1.I. The van der Waals surface area contributed by atoms with Crippen LogP contribution in [0.5, 0.6) is 0 Å². The van der Waals surface area contributed by atoms with Crippen LogP contribution in [-0.4, -0.2) is 36.1 Å². The maximum Gasteiger partial charge on any atom is 0.416 e. The normalized spacial score (nSPS) is 17.1. The van der Waals surface area contributed by atoms with Crippen LogP contribution in [0.25, 0.3) is 0 Å². The van der Waals surface area contributed by atoms with Gasteiger partial charge in [-0.25, -0.2) is 4.79 Å². The van der Waals surface area contributed by atoms with E-state index in [0.717, 1.165) is 24.1 Å². The molecule has 0 N–H and O–H groups in total. The summed E-state index contributed by atoms with van der Waals surface area (Å²) in [6, 6.07) is 3.34. The van der Waals surface area contributed by atoms with Gasteiger partial charge >= 0.3 is 12.2 Å². The summed E-state index contributed by atoms with van der Waals surface area (Å²) in [7, 11) is 1.83.